The fraction of sp³-hybridized carbons (Fsp3) is 0.538. The minimum atomic E-state index is -3.87. The van der Waals surface area contributed by atoms with Gasteiger partial charge in [-0.3, -0.25) is 10.1 Å². The maximum Gasteiger partial charge on any atom is 0.289 e. The van der Waals surface area contributed by atoms with Crippen LogP contribution in [0.2, 0.25) is 0 Å². The summed E-state index contributed by atoms with van der Waals surface area (Å²) in [5.74, 6) is 0.361. The van der Waals surface area contributed by atoms with Crippen molar-refractivity contribution in [2.24, 2.45) is 5.92 Å². The zero-order chi connectivity index (χ0) is 15.5. The van der Waals surface area contributed by atoms with E-state index >= 15 is 0 Å². The number of anilines is 1. The van der Waals surface area contributed by atoms with Crippen LogP contribution in [0.5, 0.6) is 0 Å². The summed E-state index contributed by atoms with van der Waals surface area (Å²) in [6.07, 6.45) is 2.88. The average molecular weight is 313 g/mol. The SMILES string of the molecule is CCCNc1ccc([N+](=O)[O-])c(S(=O)(=O)NCC2CC2)c1. The highest BCUT2D eigenvalue weighted by Gasteiger charge is 2.29. The summed E-state index contributed by atoms with van der Waals surface area (Å²) in [5, 5.41) is 14.1. The molecule has 0 spiro atoms. The van der Waals surface area contributed by atoms with Gasteiger partial charge in [0.25, 0.3) is 5.69 Å². The molecule has 116 valence electrons. The van der Waals surface area contributed by atoms with E-state index < -0.39 is 20.6 Å². The molecule has 0 radical (unpaired) electrons. The quantitative estimate of drug-likeness (QED) is 0.565. The molecule has 0 amide bonds. The fourth-order valence-electron chi connectivity index (χ4n) is 1.89. The van der Waals surface area contributed by atoms with Crippen molar-refractivity contribution in [1.82, 2.24) is 4.72 Å². The van der Waals surface area contributed by atoms with E-state index in [9.17, 15) is 18.5 Å². The van der Waals surface area contributed by atoms with Gasteiger partial charge in [0.1, 0.15) is 0 Å². The molecular formula is C13H19N3O4S. The molecule has 0 atom stereocenters. The zero-order valence-corrected chi connectivity index (χ0v) is 12.6. The molecular weight excluding hydrogens is 294 g/mol. The second kappa shape index (κ2) is 6.40. The Morgan fingerprint density at radius 2 is 2.10 bits per heavy atom. The molecule has 1 aromatic rings. The van der Waals surface area contributed by atoms with Gasteiger partial charge in [-0.1, -0.05) is 6.92 Å². The molecule has 1 aromatic carbocycles. The second-order valence-electron chi connectivity index (χ2n) is 5.16. The van der Waals surface area contributed by atoms with Crippen LogP contribution in [0.1, 0.15) is 26.2 Å². The summed E-state index contributed by atoms with van der Waals surface area (Å²) in [5.41, 5.74) is 0.162. The van der Waals surface area contributed by atoms with Gasteiger partial charge in [-0.15, -0.1) is 0 Å². The normalized spacial score (nSPS) is 14.9. The monoisotopic (exact) mass is 313 g/mol. The van der Waals surface area contributed by atoms with Crippen molar-refractivity contribution in [3.8, 4) is 0 Å². The molecule has 2 rings (SSSR count). The predicted octanol–water partition coefficient (Wildman–Crippen LogP) is 2.10. The number of nitro groups is 1. The third-order valence-electron chi connectivity index (χ3n) is 3.28. The van der Waals surface area contributed by atoms with Gasteiger partial charge in [-0.2, -0.15) is 0 Å². The van der Waals surface area contributed by atoms with Crippen molar-refractivity contribution in [2.45, 2.75) is 31.1 Å². The maximum absolute atomic E-state index is 12.3. The van der Waals surface area contributed by atoms with Crippen molar-refractivity contribution in [3.05, 3.63) is 28.3 Å². The number of nitrogens with zero attached hydrogens (tertiary/aromatic N) is 1. The van der Waals surface area contributed by atoms with Crippen LogP contribution in [0.15, 0.2) is 23.1 Å². The van der Waals surface area contributed by atoms with E-state index in [0.29, 0.717) is 24.7 Å². The lowest BCUT2D eigenvalue weighted by molar-refractivity contribution is -0.387. The van der Waals surface area contributed by atoms with Gasteiger partial charge in [0.15, 0.2) is 4.90 Å². The van der Waals surface area contributed by atoms with Crippen molar-refractivity contribution < 1.29 is 13.3 Å². The smallest absolute Gasteiger partial charge is 0.289 e. The minimum Gasteiger partial charge on any atom is -0.385 e. The van der Waals surface area contributed by atoms with E-state index in [2.05, 4.69) is 10.0 Å². The first-order valence-electron chi connectivity index (χ1n) is 6.96. The van der Waals surface area contributed by atoms with Gasteiger partial charge in [-0.25, -0.2) is 13.1 Å². The Morgan fingerprint density at radius 3 is 2.67 bits per heavy atom. The molecule has 0 aromatic heterocycles. The van der Waals surface area contributed by atoms with E-state index in [-0.39, 0.29) is 4.90 Å². The Labute approximate surface area is 123 Å². The van der Waals surface area contributed by atoms with E-state index in [4.69, 9.17) is 0 Å². The Kier molecular flexibility index (Phi) is 4.79. The second-order valence-corrected chi connectivity index (χ2v) is 6.90. The first-order chi connectivity index (χ1) is 9.94. The van der Waals surface area contributed by atoms with Crippen LogP contribution in [-0.4, -0.2) is 26.4 Å². The molecule has 1 fully saturated rings. The topological polar surface area (TPSA) is 101 Å². The number of nitrogens with one attached hydrogen (secondary N) is 2. The lowest BCUT2D eigenvalue weighted by Crippen LogP contribution is -2.26. The number of nitro benzene ring substituents is 1. The van der Waals surface area contributed by atoms with Gasteiger partial charge in [0.05, 0.1) is 4.92 Å². The Morgan fingerprint density at radius 1 is 1.38 bits per heavy atom. The van der Waals surface area contributed by atoms with Crippen molar-refractivity contribution >= 4 is 21.4 Å². The molecule has 1 saturated carbocycles. The van der Waals surface area contributed by atoms with Crippen LogP contribution in [0, 0.1) is 16.0 Å². The lowest BCUT2D eigenvalue weighted by atomic mass is 10.3. The van der Waals surface area contributed by atoms with Gasteiger partial charge >= 0.3 is 0 Å². The number of rotatable bonds is 8. The molecule has 0 unspecified atom stereocenters. The molecule has 0 aliphatic heterocycles. The van der Waals surface area contributed by atoms with E-state index in [1.165, 1.54) is 18.2 Å². The summed E-state index contributed by atoms with van der Waals surface area (Å²) in [6.45, 7) is 2.99. The van der Waals surface area contributed by atoms with Gasteiger partial charge in [0.2, 0.25) is 10.0 Å². The van der Waals surface area contributed by atoms with Crippen molar-refractivity contribution in [3.63, 3.8) is 0 Å². The summed E-state index contributed by atoms with van der Waals surface area (Å²) in [4.78, 5) is 10.1. The van der Waals surface area contributed by atoms with Crippen molar-refractivity contribution in [1.29, 1.82) is 0 Å². The third kappa shape index (κ3) is 4.15. The maximum atomic E-state index is 12.3. The minimum absolute atomic E-state index is 0.283. The number of benzene rings is 1. The number of hydrogen-bond acceptors (Lipinski definition) is 5. The molecule has 21 heavy (non-hydrogen) atoms. The molecule has 1 aliphatic rings. The molecule has 2 N–H and O–H groups in total. The molecule has 1 aliphatic carbocycles. The number of sulfonamides is 1. The Bertz CT molecular complexity index is 626. The zero-order valence-electron chi connectivity index (χ0n) is 11.8. The first kappa shape index (κ1) is 15.7. The Hall–Kier alpha value is -1.67. The van der Waals surface area contributed by atoms with Crippen LogP contribution >= 0.6 is 0 Å². The largest absolute Gasteiger partial charge is 0.385 e. The van der Waals surface area contributed by atoms with Crippen LogP contribution < -0.4 is 10.0 Å². The van der Waals surface area contributed by atoms with Gasteiger partial charge in [0, 0.05) is 24.8 Å². The van der Waals surface area contributed by atoms with Crippen LogP contribution in [0.3, 0.4) is 0 Å². The molecule has 7 nitrogen and oxygen atoms in total. The lowest BCUT2D eigenvalue weighted by Gasteiger charge is -2.10. The fourth-order valence-corrected chi connectivity index (χ4v) is 3.20. The first-order valence-corrected chi connectivity index (χ1v) is 8.44. The summed E-state index contributed by atoms with van der Waals surface area (Å²) in [6, 6.07) is 4.07. The average Bonchev–Trinajstić information content (AvgIpc) is 3.27. The standard InChI is InChI=1S/C13H19N3O4S/c1-2-7-14-11-5-6-12(16(17)18)13(8-11)21(19,20)15-9-10-3-4-10/h5-6,8,10,14-15H,2-4,7,9H2,1H3. The van der Waals surface area contributed by atoms with Crippen LogP contribution in [0.4, 0.5) is 11.4 Å². The number of hydrogen-bond donors (Lipinski definition) is 2. The Balaban J connectivity index is 2.29. The highest BCUT2D eigenvalue weighted by molar-refractivity contribution is 7.89. The molecule has 0 saturated heterocycles. The molecule has 8 heteroatoms. The third-order valence-corrected chi connectivity index (χ3v) is 4.74. The van der Waals surface area contributed by atoms with E-state index in [0.717, 1.165) is 19.3 Å². The molecule has 0 bridgehead atoms. The van der Waals surface area contributed by atoms with Crippen LogP contribution in [0.25, 0.3) is 0 Å². The summed E-state index contributed by atoms with van der Waals surface area (Å²) >= 11 is 0. The summed E-state index contributed by atoms with van der Waals surface area (Å²) in [7, 11) is -3.87. The highest BCUT2D eigenvalue weighted by Crippen LogP contribution is 2.30. The van der Waals surface area contributed by atoms with E-state index in [1.807, 2.05) is 6.92 Å². The van der Waals surface area contributed by atoms with Crippen molar-refractivity contribution in [2.75, 3.05) is 18.4 Å². The van der Waals surface area contributed by atoms with Gasteiger partial charge in [-0.05, 0) is 37.3 Å². The molecule has 0 heterocycles. The van der Waals surface area contributed by atoms with Gasteiger partial charge < -0.3 is 5.32 Å². The summed E-state index contributed by atoms with van der Waals surface area (Å²) < 4.78 is 27.0. The predicted molar refractivity (Wildman–Crippen MR) is 79.8 cm³/mol. The van der Waals surface area contributed by atoms with Crippen LogP contribution in [-0.2, 0) is 10.0 Å². The highest BCUT2D eigenvalue weighted by atomic mass is 32.2. The van der Waals surface area contributed by atoms with E-state index in [1.54, 1.807) is 0 Å².